The highest BCUT2D eigenvalue weighted by molar-refractivity contribution is 6.76. The number of likely N-dealkylation sites (tertiary alicyclic amines) is 1. The van der Waals surface area contributed by atoms with Gasteiger partial charge in [-0.1, -0.05) is 24.8 Å². The van der Waals surface area contributed by atoms with Gasteiger partial charge in [0, 0.05) is 26.1 Å². The molecule has 1 amide bonds. The Morgan fingerprint density at radius 2 is 2.00 bits per heavy atom. The van der Waals surface area contributed by atoms with E-state index in [1.807, 2.05) is 0 Å². The van der Waals surface area contributed by atoms with Crippen LogP contribution < -0.4 is 0 Å². The number of hydrogen-bond donors (Lipinski definition) is 1. The van der Waals surface area contributed by atoms with Crippen LogP contribution in [0.1, 0.15) is 19.3 Å². The first-order chi connectivity index (χ1) is 10.7. The molecule has 1 saturated heterocycles. The molecular weight excluding hydrogens is 316 g/mol. The van der Waals surface area contributed by atoms with Crippen LogP contribution in [0.4, 0.5) is 4.79 Å². The van der Waals surface area contributed by atoms with Crippen molar-refractivity contribution in [3.8, 4) is 0 Å². The Labute approximate surface area is 137 Å². The maximum atomic E-state index is 12.0. The number of carboxylic acids is 1. The highest BCUT2D eigenvalue weighted by atomic mass is 28.3. The first kappa shape index (κ1) is 19.3. The Hall–Kier alpha value is -1.73. The molecule has 0 bridgehead atoms. The fourth-order valence-electron chi connectivity index (χ4n) is 2.46. The van der Waals surface area contributed by atoms with Crippen molar-refractivity contribution in [2.24, 2.45) is 11.0 Å². The van der Waals surface area contributed by atoms with Crippen molar-refractivity contribution in [3.05, 3.63) is 10.4 Å². The van der Waals surface area contributed by atoms with Gasteiger partial charge in [0.15, 0.2) is 0 Å². The number of rotatable bonds is 7. The first-order valence-electron chi connectivity index (χ1n) is 7.91. The van der Waals surface area contributed by atoms with Crippen LogP contribution in [0.3, 0.4) is 0 Å². The van der Waals surface area contributed by atoms with E-state index in [9.17, 15) is 9.59 Å². The Morgan fingerprint density at radius 1 is 1.39 bits per heavy atom. The van der Waals surface area contributed by atoms with Crippen LogP contribution >= 0.6 is 0 Å². The fraction of sp³-hybridized carbons (Fsp3) is 0.857. The molecule has 8 nitrogen and oxygen atoms in total. The second kappa shape index (κ2) is 8.78. The third-order valence-corrected chi connectivity index (χ3v) is 5.69. The molecule has 1 aliphatic rings. The molecule has 1 atom stereocenters. The number of carboxylic acid groups (broad SMARTS) is 1. The van der Waals surface area contributed by atoms with Crippen molar-refractivity contribution >= 4 is 20.1 Å². The van der Waals surface area contributed by atoms with Gasteiger partial charge < -0.3 is 14.7 Å². The van der Waals surface area contributed by atoms with E-state index in [4.69, 9.17) is 15.4 Å². The summed E-state index contributed by atoms with van der Waals surface area (Å²) in [6.07, 6.45) is 1.44. The Morgan fingerprint density at radius 3 is 2.48 bits per heavy atom. The number of hydrogen-bond acceptors (Lipinski definition) is 4. The number of carbonyl (C=O) groups excluding carboxylic acids is 1. The van der Waals surface area contributed by atoms with Gasteiger partial charge in [0.1, 0.15) is 6.04 Å². The number of nitrogens with zero attached hydrogens (tertiary/aromatic N) is 4. The molecule has 0 saturated carbocycles. The summed E-state index contributed by atoms with van der Waals surface area (Å²) in [4.78, 5) is 27.2. The molecule has 0 radical (unpaired) electrons. The van der Waals surface area contributed by atoms with Crippen LogP contribution in [0.5, 0.6) is 0 Å². The summed E-state index contributed by atoms with van der Waals surface area (Å²) >= 11 is 0. The predicted octanol–water partition coefficient (Wildman–Crippen LogP) is 3.33. The number of amides is 1. The summed E-state index contributed by atoms with van der Waals surface area (Å²) in [6.45, 7) is 8.27. The second-order valence-electron chi connectivity index (χ2n) is 7.15. The maximum absolute atomic E-state index is 12.0. The zero-order valence-corrected chi connectivity index (χ0v) is 15.1. The number of ether oxygens (including phenoxy) is 1. The van der Waals surface area contributed by atoms with Crippen molar-refractivity contribution < 1.29 is 19.4 Å². The minimum atomic E-state index is -1.21. The number of carbonyl (C=O) groups is 2. The van der Waals surface area contributed by atoms with E-state index in [2.05, 4.69) is 29.7 Å². The Balaban J connectivity index is 2.35. The van der Waals surface area contributed by atoms with Gasteiger partial charge in [-0.25, -0.2) is 4.79 Å². The van der Waals surface area contributed by atoms with Crippen molar-refractivity contribution in [1.29, 1.82) is 0 Å². The van der Waals surface area contributed by atoms with Crippen LogP contribution in [0.25, 0.3) is 10.4 Å². The van der Waals surface area contributed by atoms with E-state index in [0.29, 0.717) is 39.0 Å². The number of aliphatic carboxylic acids is 1. The number of piperidine rings is 1. The molecule has 1 heterocycles. The molecule has 1 fully saturated rings. The van der Waals surface area contributed by atoms with Crippen molar-refractivity contribution in [2.45, 2.75) is 51.0 Å². The fourth-order valence-corrected chi connectivity index (χ4v) is 3.18. The molecule has 1 rings (SSSR count). The normalized spacial score (nSPS) is 17.3. The summed E-state index contributed by atoms with van der Waals surface area (Å²) < 4.78 is 5.31. The average molecular weight is 342 g/mol. The standard InChI is InChI=1S/C14H26N4O4Si/c1-23(2,3)9-8-22-14(21)18-6-4-11(5-7-18)10-12(13(19)20)16-17-15/h11-12H,4-10H2,1-3H3,(H,19,20)/t12-/m0/s1. The molecule has 0 spiro atoms. The third-order valence-electron chi connectivity index (χ3n) is 3.98. The van der Waals surface area contributed by atoms with Crippen LogP contribution in [0.15, 0.2) is 5.11 Å². The molecule has 0 aromatic carbocycles. The van der Waals surface area contributed by atoms with Gasteiger partial charge in [0.05, 0.1) is 6.61 Å². The number of azide groups is 1. The van der Waals surface area contributed by atoms with Crippen molar-refractivity contribution in [2.75, 3.05) is 19.7 Å². The van der Waals surface area contributed by atoms with Crippen LogP contribution in [-0.2, 0) is 9.53 Å². The molecule has 23 heavy (non-hydrogen) atoms. The summed E-state index contributed by atoms with van der Waals surface area (Å²) in [6, 6.07) is -0.0815. The maximum Gasteiger partial charge on any atom is 0.409 e. The SMILES string of the molecule is C[Si](C)(C)CCOC(=O)N1CCC(C[C@H](N=[N+]=[N-])C(=O)O)CC1. The van der Waals surface area contributed by atoms with Gasteiger partial charge in [0.2, 0.25) is 0 Å². The van der Waals surface area contributed by atoms with Crippen LogP contribution in [0, 0.1) is 5.92 Å². The van der Waals surface area contributed by atoms with Crippen LogP contribution in [-0.4, -0.2) is 55.9 Å². The molecule has 0 unspecified atom stereocenters. The molecule has 0 aliphatic carbocycles. The average Bonchev–Trinajstić information content (AvgIpc) is 2.46. The summed E-state index contributed by atoms with van der Waals surface area (Å²) in [5.74, 6) is -0.955. The molecule has 130 valence electrons. The highest BCUT2D eigenvalue weighted by Gasteiger charge is 2.28. The minimum absolute atomic E-state index is 0.146. The zero-order chi connectivity index (χ0) is 17.5. The van der Waals surface area contributed by atoms with Gasteiger partial charge in [-0.2, -0.15) is 0 Å². The lowest BCUT2D eigenvalue weighted by Crippen LogP contribution is -2.40. The van der Waals surface area contributed by atoms with Gasteiger partial charge >= 0.3 is 12.1 Å². The lowest BCUT2D eigenvalue weighted by atomic mass is 9.90. The van der Waals surface area contributed by atoms with Gasteiger partial charge in [-0.05, 0) is 36.8 Å². The summed E-state index contributed by atoms with van der Waals surface area (Å²) in [5.41, 5.74) is 8.40. The lowest BCUT2D eigenvalue weighted by molar-refractivity contribution is -0.139. The molecule has 1 N–H and O–H groups in total. The van der Waals surface area contributed by atoms with Crippen molar-refractivity contribution in [1.82, 2.24) is 4.90 Å². The second-order valence-corrected chi connectivity index (χ2v) is 12.8. The van der Waals surface area contributed by atoms with Crippen molar-refractivity contribution in [3.63, 3.8) is 0 Å². The molecule has 0 aromatic heterocycles. The highest BCUT2D eigenvalue weighted by Crippen LogP contribution is 2.24. The van der Waals surface area contributed by atoms with Gasteiger partial charge in [-0.15, -0.1) is 0 Å². The van der Waals surface area contributed by atoms with E-state index in [1.54, 1.807) is 4.90 Å². The monoisotopic (exact) mass is 342 g/mol. The van der Waals surface area contributed by atoms with Gasteiger partial charge in [0.25, 0.3) is 0 Å². The van der Waals surface area contributed by atoms with E-state index in [0.717, 1.165) is 6.04 Å². The summed E-state index contributed by atoms with van der Waals surface area (Å²) in [7, 11) is -1.21. The topological polar surface area (TPSA) is 116 Å². The predicted molar refractivity (Wildman–Crippen MR) is 89.0 cm³/mol. The van der Waals surface area contributed by atoms with Gasteiger partial charge in [-0.3, -0.25) is 4.79 Å². The van der Waals surface area contributed by atoms with E-state index < -0.39 is 20.1 Å². The lowest BCUT2D eigenvalue weighted by Gasteiger charge is -2.32. The van der Waals surface area contributed by atoms with E-state index >= 15 is 0 Å². The molecule has 9 heteroatoms. The largest absolute Gasteiger partial charge is 0.481 e. The Bertz CT molecular complexity index is 464. The summed E-state index contributed by atoms with van der Waals surface area (Å²) in [5, 5.41) is 12.3. The minimum Gasteiger partial charge on any atom is -0.481 e. The third kappa shape index (κ3) is 7.38. The smallest absolute Gasteiger partial charge is 0.409 e. The zero-order valence-electron chi connectivity index (χ0n) is 14.1. The molecular formula is C14H26N4O4Si. The molecule has 0 aromatic rings. The first-order valence-corrected chi connectivity index (χ1v) is 11.6. The Kier molecular flexibility index (Phi) is 7.38. The van der Waals surface area contributed by atoms with E-state index in [-0.39, 0.29) is 12.0 Å². The molecule has 1 aliphatic heterocycles. The van der Waals surface area contributed by atoms with Crippen LogP contribution in [0.2, 0.25) is 25.7 Å². The van der Waals surface area contributed by atoms with E-state index in [1.165, 1.54) is 0 Å². The quantitative estimate of drug-likeness (QED) is 0.330.